The van der Waals surface area contributed by atoms with Crippen molar-refractivity contribution in [2.45, 2.75) is 12.8 Å². The Morgan fingerprint density at radius 2 is 1.83 bits per heavy atom. The number of aromatic nitrogens is 4. The molecule has 12 heteroatoms. The average Bonchev–Trinajstić information content (AvgIpc) is 3.25. The summed E-state index contributed by atoms with van der Waals surface area (Å²) in [5.74, 6) is -7.68. The summed E-state index contributed by atoms with van der Waals surface area (Å²) < 4.78 is 60.7. The maximum absolute atomic E-state index is 15.2. The molecule has 0 saturated carbocycles. The average molecular weight is 501 g/mol. The van der Waals surface area contributed by atoms with Crippen molar-refractivity contribution in [1.29, 1.82) is 10.8 Å². The van der Waals surface area contributed by atoms with E-state index in [0.29, 0.717) is 11.0 Å². The van der Waals surface area contributed by atoms with Gasteiger partial charge >= 0.3 is 5.92 Å². The number of aldehydes is 1. The Morgan fingerprint density at radius 3 is 2.44 bits per heavy atom. The molecular formula is C24H23F4N7O. The molecule has 4 aromatic rings. The van der Waals surface area contributed by atoms with Crippen molar-refractivity contribution >= 4 is 23.0 Å². The number of carbonyl (C=O) groups excluding carboxylic acids is 1. The van der Waals surface area contributed by atoms with Crippen LogP contribution in [0, 0.1) is 22.5 Å². The summed E-state index contributed by atoms with van der Waals surface area (Å²) in [5, 5.41) is 26.5. The van der Waals surface area contributed by atoms with Crippen LogP contribution in [0.1, 0.15) is 22.8 Å². The summed E-state index contributed by atoms with van der Waals surface area (Å²) in [5.41, 5.74) is -1.54. The first-order valence-electron chi connectivity index (χ1n) is 10.7. The third-order valence-electron chi connectivity index (χ3n) is 5.20. The fourth-order valence-corrected chi connectivity index (χ4v) is 3.21. The van der Waals surface area contributed by atoms with Gasteiger partial charge in [-0.2, -0.15) is 23.7 Å². The Kier molecular flexibility index (Phi) is 7.78. The number of carbonyl (C=O) groups is 1. The van der Waals surface area contributed by atoms with Crippen molar-refractivity contribution in [3.63, 3.8) is 0 Å². The van der Waals surface area contributed by atoms with Crippen LogP contribution < -0.4 is 10.8 Å². The van der Waals surface area contributed by atoms with Crippen LogP contribution in [-0.2, 0) is 13.0 Å². The molecule has 0 spiro atoms. The van der Waals surface area contributed by atoms with Crippen LogP contribution in [-0.4, -0.2) is 45.3 Å². The molecule has 2 aromatic carbocycles. The minimum atomic E-state index is -4.15. The highest BCUT2D eigenvalue weighted by Gasteiger charge is 2.42. The van der Waals surface area contributed by atoms with Crippen molar-refractivity contribution in [3.05, 3.63) is 76.9 Å². The van der Waals surface area contributed by atoms with Crippen LogP contribution in [0.3, 0.4) is 0 Å². The van der Waals surface area contributed by atoms with Crippen LogP contribution >= 0.6 is 0 Å². The number of alkyl halides is 2. The number of nitrogens with zero attached hydrogens (tertiary/aromatic N) is 4. The van der Waals surface area contributed by atoms with Gasteiger partial charge in [0.05, 0.1) is 27.7 Å². The van der Waals surface area contributed by atoms with Crippen LogP contribution in [0.2, 0.25) is 0 Å². The molecular weight excluding hydrogens is 478 g/mol. The topological polar surface area (TPSA) is 112 Å². The molecule has 36 heavy (non-hydrogen) atoms. The fourth-order valence-electron chi connectivity index (χ4n) is 3.21. The summed E-state index contributed by atoms with van der Waals surface area (Å²) in [4.78, 5) is 10.8. The van der Waals surface area contributed by atoms with Gasteiger partial charge < -0.3 is 5.32 Å². The van der Waals surface area contributed by atoms with E-state index in [2.05, 4.69) is 22.4 Å². The van der Waals surface area contributed by atoms with E-state index < -0.39 is 34.4 Å². The quantitative estimate of drug-likeness (QED) is 0.167. The van der Waals surface area contributed by atoms with Gasteiger partial charge in [-0.3, -0.25) is 20.3 Å². The minimum absolute atomic E-state index is 0.0268. The van der Waals surface area contributed by atoms with Gasteiger partial charge in [0.1, 0.15) is 17.1 Å². The van der Waals surface area contributed by atoms with E-state index >= 15 is 8.78 Å². The monoisotopic (exact) mass is 501 g/mol. The molecule has 0 amide bonds. The number of benzene rings is 2. The predicted molar refractivity (Wildman–Crippen MR) is 126 cm³/mol. The number of aryl methyl sites for hydroxylation is 1. The lowest BCUT2D eigenvalue weighted by molar-refractivity contribution is 0.0657. The molecule has 2 heterocycles. The van der Waals surface area contributed by atoms with Crippen LogP contribution in [0.5, 0.6) is 0 Å². The largest absolute Gasteiger partial charge is 0.334 e. The molecule has 0 atom stereocenters. The standard InChI is InChI=1S/C21H14F4N6O.C3H9N/c1-30-9-13-17(28-30)5-4-14(19(13)23)21(24,25)20(27)31-18(26)7-6-16(29-31)11-2-3-12(10-32)15(22)8-11;1-3-4-2/h2-10,26-27H,1H3;4H,3H2,1-2H3. The third kappa shape index (κ3) is 5.08. The second-order valence-electron chi connectivity index (χ2n) is 7.66. The van der Waals surface area contributed by atoms with Crippen molar-refractivity contribution in [2.75, 3.05) is 13.6 Å². The van der Waals surface area contributed by atoms with Gasteiger partial charge in [0.15, 0.2) is 12.1 Å². The van der Waals surface area contributed by atoms with Gasteiger partial charge in [-0.05, 0) is 50.0 Å². The van der Waals surface area contributed by atoms with Crippen molar-refractivity contribution in [3.8, 4) is 11.3 Å². The van der Waals surface area contributed by atoms with E-state index in [1.54, 1.807) is 0 Å². The molecule has 0 aliphatic carbocycles. The summed E-state index contributed by atoms with van der Waals surface area (Å²) in [7, 11) is 3.45. The number of fused-ring (bicyclic) bond motifs is 1. The highest BCUT2D eigenvalue weighted by molar-refractivity contribution is 5.90. The summed E-state index contributed by atoms with van der Waals surface area (Å²) >= 11 is 0. The Morgan fingerprint density at radius 1 is 1.14 bits per heavy atom. The molecule has 3 N–H and O–H groups in total. The molecule has 8 nitrogen and oxygen atoms in total. The maximum Gasteiger partial charge on any atom is 0.334 e. The van der Waals surface area contributed by atoms with Crippen molar-refractivity contribution in [1.82, 2.24) is 24.9 Å². The molecule has 0 aliphatic rings. The van der Waals surface area contributed by atoms with Gasteiger partial charge in [-0.1, -0.05) is 13.0 Å². The number of nitrogens with one attached hydrogen (secondary N) is 3. The minimum Gasteiger partial charge on any atom is -0.320 e. The first-order chi connectivity index (χ1) is 17.0. The van der Waals surface area contributed by atoms with Gasteiger partial charge in [0.2, 0.25) is 0 Å². The molecule has 0 radical (unpaired) electrons. The number of rotatable bonds is 5. The van der Waals surface area contributed by atoms with Gasteiger partial charge in [-0.15, -0.1) is 0 Å². The lowest BCUT2D eigenvalue weighted by Crippen LogP contribution is -2.40. The number of halogens is 4. The second kappa shape index (κ2) is 10.6. The lowest BCUT2D eigenvalue weighted by Gasteiger charge is -2.20. The second-order valence-corrected chi connectivity index (χ2v) is 7.66. The summed E-state index contributed by atoms with van der Waals surface area (Å²) in [6, 6.07) is 7.94. The molecule has 0 aliphatic heterocycles. The lowest BCUT2D eigenvalue weighted by atomic mass is 10.0. The molecule has 0 unspecified atom stereocenters. The molecule has 0 saturated heterocycles. The number of hydrogen-bond acceptors (Lipinski definition) is 6. The molecule has 188 valence electrons. The van der Waals surface area contributed by atoms with E-state index in [1.807, 2.05) is 7.05 Å². The molecule has 0 bridgehead atoms. The van der Waals surface area contributed by atoms with E-state index in [9.17, 15) is 13.6 Å². The zero-order valence-electron chi connectivity index (χ0n) is 19.6. The maximum atomic E-state index is 15.2. The van der Waals surface area contributed by atoms with E-state index in [4.69, 9.17) is 10.8 Å². The smallest absolute Gasteiger partial charge is 0.320 e. The van der Waals surface area contributed by atoms with Crippen molar-refractivity contribution in [2.24, 2.45) is 7.05 Å². The first-order valence-corrected chi connectivity index (χ1v) is 10.7. The molecule has 2 aromatic heterocycles. The normalized spacial score (nSPS) is 11.2. The van der Waals surface area contributed by atoms with E-state index in [0.717, 1.165) is 24.7 Å². The molecule has 0 fully saturated rings. The van der Waals surface area contributed by atoms with E-state index in [1.165, 1.54) is 42.2 Å². The summed E-state index contributed by atoms with van der Waals surface area (Å²) in [6.45, 7) is 3.14. The molecule has 4 rings (SSSR count). The zero-order chi connectivity index (χ0) is 26.6. The van der Waals surface area contributed by atoms with Crippen molar-refractivity contribution < 1.29 is 22.4 Å². The fraction of sp³-hybridized carbons (Fsp3) is 0.208. The predicted octanol–water partition coefficient (Wildman–Crippen LogP) is 3.85. The highest BCUT2D eigenvalue weighted by atomic mass is 19.3. The van der Waals surface area contributed by atoms with Crippen LogP contribution in [0.15, 0.2) is 48.7 Å². The zero-order valence-corrected chi connectivity index (χ0v) is 19.6. The Balaban J connectivity index is 0.000000840. The number of hydrogen-bond donors (Lipinski definition) is 3. The van der Waals surface area contributed by atoms with Crippen LogP contribution in [0.25, 0.3) is 22.2 Å². The highest BCUT2D eigenvalue weighted by Crippen LogP contribution is 2.34. The summed E-state index contributed by atoms with van der Waals surface area (Å²) in [6.07, 6.45) is 1.57. The van der Waals surface area contributed by atoms with Gasteiger partial charge in [0, 0.05) is 18.8 Å². The van der Waals surface area contributed by atoms with Crippen LogP contribution in [0.4, 0.5) is 17.6 Å². The Labute approximate surface area is 203 Å². The Hall–Kier alpha value is -4.19. The first kappa shape index (κ1) is 26.4. The third-order valence-corrected chi connectivity index (χ3v) is 5.20. The van der Waals surface area contributed by atoms with E-state index in [-0.39, 0.29) is 27.7 Å². The Bertz CT molecular complexity index is 1490. The SMILES string of the molecule is CCNC.Cn1cc2c(F)c(C(F)(F)C(=N)n3nc(-c4ccc(C=O)c(F)c4)ccc3=N)ccc2n1. The van der Waals surface area contributed by atoms with Gasteiger partial charge in [-0.25, -0.2) is 8.78 Å². The van der Waals surface area contributed by atoms with Gasteiger partial charge in [0.25, 0.3) is 0 Å².